The molecule has 2 rings (SSSR count). The molecule has 1 aromatic carbocycles. The maximum Gasteiger partial charge on any atom is 0.232 e. The summed E-state index contributed by atoms with van der Waals surface area (Å²) in [7, 11) is 0. The SMILES string of the molecule is CCC(C)NC(=O)CC(=O)N1CCN(c2cccc(C)c2)CC1. The lowest BCUT2D eigenvalue weighted by atomic mass is 10.2. The summed E-state index contributed by atoms with van der Waals surface area (Å²) in [5.74, 6) is -0.250. The predicted octanol–water partition coefficient (Wildman–Crippen LogP) is 1.95. The largest absolute Gasteiger partial charge is 0.368 e. The molecule has 1 heterocycles. The topological polar surface area (TPSA) is 52.7 Å². The highest BCUT2D eigenvalue weighted by Crippen LogP contribution is 2.18. The van der Waals surface area contributed by atoms with Gasteiger partial charge in [0, 0.05) is 37.9 Å². The Hall–Kier alpha value is -2.04. The number of rotatable bonds is 5. The Balaban J connectivity index is 1.82. The van der Waals surface area contributed by atoms with Crippen molar-refractivity contribution in [3.8, 4) is 0 Å². The van der Waals surface area contributed by atoms with Crippen LogP contribution < -0.4 is 10.2 Å². The molecule has 126 valence electrons. The van der Waals surface area contributed by atoms with E-state index in [0.717, 1.165) is 19.5 Å². The van der Waals surface area contributed by atoms with Gasteiger partial charge in [0.2, 0.25) is 11.8 Å². The van der Waals surface area contributed by atoms with Gasteiger partial charge < -0.3 is 15.1 Å². The number of anilines is 1. The number of carbonyl (C=O) groups is 2. The number of aryl methyl sites for hydroxylation is 1. The van der Waals surface area contributed by atoms with E-state index >= 15 is 0 Å². The third kappa shape index (κ3) is 4.98. The second-order valence-electron chi connectivity index (χ2n) is 6.26. The van der Waals surface area contributed by atoms with Gasteiger partial charge in [0.1, 0.15) is 6.42 Å². The molecule has 0 aliphatic carbocycles. The van der Waals surface area contributed by atoms with E-state index in [1.54, 1.807) is 4.90 Å². The number of nitrogens with one attached hydrogen (secondary N) is 1. The van der Waals surface area contributed by atoms with Crippen molar-refractivity contribution < 1.29 is 9.59 Å². The Kier molecular flexibility index (Phi) is 6.02. The Morgan fingerprint density at radius 3 is 2.52 bits per heavy atom. The van der Waals surface area contributed by atoms with Gasteiger partial charge in [0.15, 0.2) is 0 Å². The van der Waals surface area contributed by atoms with Crippen molar-refractivity contribution in [1.29, 1.82) is 0 Å². The molecule has 1 fully saturated rings. The van der Waals surface area contributed by atoms with Gasteiger partial charge in [-0.15, -0.1) is 0 Å². The van der Waals surface area contributed by atoms with E-state index < -0.39 is 0 Å². The van der Waals surface area contributed by atoms with Crippen molar-refractivity contribution in [2.45, 2.75) is 39.7 Å². The summed E-state index contributed by atoms with van der Waals surface area (Å²) >= 11 is 0. The molecule has 0 bridgehead atoms. The van der Waals surface area contributed by atoms with Gasteiger partial charge >= 0.3 is 0 Å². The highest BCUT2D eigenvalue weighted by Gasteiger charge is 2.23. The number of carbonyl (C=O) groups excluding carboxylic acids is 2. The summed E-state index contributed by atoms with van der Waals surface area (Å²) in [6.07, 6.45) is 0.823. The van der Waals surface area contributed by atoms with E-state index in [1.165, 1.54) is 11.3 Å². The summed E-state index contributed by atoms with van der Waals surface area (Å²) in [6.45, 7) is 9.00. The fourth-order valence-electron chi connectivity index (χ4n) is 2.72. The van der Waals surface area contributed by atoms with Gasteiger partial charge in [-0.05, 0) is 38.0 Å². The smallest absolute Gasteiger partial charge is 0.232 e. The summed E-state index contributed by atoms with van der Waals surface area (Å²) in [5, 5.41) is 2.84. The first-order chi connectivity index (χ1) is 11.0. The molecule has 23 heavy (non-hydrogen) atoms. The first kappa shape index (κ1) is 17.3. The Bertz CT molecular complexity index is 551. The number of nitrogens with zero attached hydrogens (tertiary/aromatic N) is 2. The number of hydrogen-bond donors (Lipinski definition) is 1. The molecule has 1 aromatic rings. The first-order valence-corrected chi connectivity index (χ1v) is 8.38. The van der Waals surface area contributed by atoms with Crippen LogP contribution in [-0.4, -0.2) is 48.9 Å². The molecule has 2 amide bonds. The predicted molar refractivity (Wildman–Crippen MR) is 92.5 cm³/mol. The Morgan fingerprint density at radius 1 is 1.22 bits per heavy atom. The summed E-state index contributed by atoms with van der Waals surface area (Å²) < 4.78 is 0. The van der Waals surface area contributed by atoms with E-state index in [4.69, 9.17) is 0 Å². The maximum absolute atomic E-state index is 12.2. The lowest BCUT2D eigenvalue weighted by Gasteiger charge is -2.36. The molecule has 1 N–H and O–H groups in total. The van der Waals surface area contributed by atoms with Gasteiger partial charge in [0.05, 0.1) is 0 Å². The van der Waals surface area contributed by atoms with Crippen LogP contribution in [0.2, 0.25) is 0 Å². The summed E-state index contributed by atoms with van der Waals surface area (Å²) in [6, 6.07) is 8.52. The average Bonchev–Trinajstić information content (AvgIpc) is 2.54. The lowest BCUT2D eigenvalue weighted by molar-refractivity contribution is -0.136. The fourth-order valence-corrected chi connectivity index (χ4v) is 2.72. The molecule has 1 aliphatic heterocycles. The zero-order valence-electron chi connectivity index (χ0n) is 14.3. The minimum Gasteiger partial charge on any atom is -0.368 e. The zero-order valence-corrected chi connectivity index (χ0v) is 14.3. The van der Waals surface area contributed by atoms with E-state index in [1.807, 2.05) is 13.8 Å². The number of hydrogen-bond acceptors (Lipinski definition) is 3. The van der Waals surface area contributed by atoms with E-state index in [9.17, 15) is 9.59 Å². The molecule has 1 aliphatic rings. The molecule has 0 spiro atoms. The molecule has 5 heteroatoms. The van der Waals surface area contributed by atoms with E-state index in [-0.39, 0.29) is 24.3 Å². The lowest BCUT2D eigenvalue weighted by Crippen LogP contribution is -2.49. The van der Waals surface area contributed by atoms with Gasteiger partial charge in [-0.1, -0.05) is 19.1 Å². The van der Waals surface area contributed by atoms with Crippen molar-refractivity contribution in [1.82, 2.24) is 10.2 Å². The van der Waals surface area contributed by atoms with Crippen molar-refractivity contribution in [3.05, 3.63) is 29.8 Å². The van der Waals surface area contributed by atoms with Crippen LogP contribution in [-0.2, 0) is 9.59 Å². The fraction of sp³-hybridized carbons (Fsp3) is 0.556. The quantitative estimate of drug-likeness (QED) is 0.845. The van der Waals surface area contributed by atoms with Crippen LogP contribution in [0, 0.1) is 6.92 Å². The van der Waals surface area contributed by atoms with Crippen molar-refractivity contribution >= 4 is 17.5 Å². The van der Waals surface area contributed by atoms with Gasteiger partial charge in [0.25, 0.3) is 0 Å². The van der Waals surface area contributed by atoms with E-state index in [2.05, 4.69) is 41.4 Å². The minimum absolute atomic E-state index is 0.0468. The molecule has 0 radical (unpaired) electrons. The molecular weight excluding hydrogens is 290 g/mol. The van der Waals surface area contributed by atoms with Gasteiger partial charge in [-0.25, -0.2) is 0 Å². The molecule has 5 nitrogen and oxygen atoms in total. The van der Waals surface area contributed by atoms with Gasteiger partial charge in [-0.3, -0.25) is 9.59 Å². The highest BCUT2D eigenvalue weighted by atomic mass is 16.2. The van der Waals surface area contributed by atoms with Crippen LogP contribution in [0.25, 0.3) is 0 Å². The average molecular weight is 317 g/mol. The molecule has 1 atom stereocenters. The monoisotopic (exact) mass is 317 g/mol. The molecule has 1 unspecified atom stereocenters. The first-order valence-electron chi connectivity index (χ1n) is 8.38. The second kappa shape index (κ2) is 7.99. The van der Waals surface area contributed by atoms with Crippen LogP contribution in [0.15, 0.2) is 24.3 Å². The maximum atomic E-state index is 12.2. The second-order valence-corrected chi connectivity index (χ2v) is 6.26. The van der Waals surface area contributed by atoms with Crippen LogP contribution >= 0.6 is 0 Å². The van der Waals surface area contributed by atoms with Crippen molar-refractivity contribution in [2.24, 2.45) is 0 Å². The molecular formula is C18H27N3O2. The number of benzene rings is 1. The van der Waals surface area contributed by atoms with Crippen LogP contribution in [0.4, 0.5) is 5.69 Å². The minimum atomic E-state index is -0.175. The Morgan fingerprint density at radius 2 is 1.91 bits per heavy atom. The third-order valence-corrected chi connectivity index (χ3v) is 4.33. The van der Waals surface area contributed by atoms with Crippen LogP contribution in [0.5, 0.6) is 0 Å². The van der Waals surface area contributed by atoms with Crippen LogP contribution in [0.1, 0.15) is 32.3 Å². The van der Waals surface area contributed by atoms with Crippen molar-refractivity contribution in [3.63, 3.8) is 0 Å². The normalized spacial score (nSPS) is 16.1. The molecule has 0 saturated carbocycles. The third-order valence-electron chi connectivity index (χ3n) is 4.33. The highest BCUT2D eigenvalue weighted by molar-refractivity contribution is 5.97. The van der Waals surface area contributed by atoms with Crippen molar-refractivity contribution in [2.75, 3.05) is 31.1 Å². The Labute approximate surface area is 138 Å². The summed E-state index contributed by atoms with van der Waals surface area (Å²) in [4.78, 5) is 28.1. The van der Waals surface area contributed by atoms with E-state index in [0.29, 0.717) is 13.1 Å². The molecule has 1 saturated heterocycles. The number of amides is 2. The molecule has 0 aromatic heterocycles. The van der Waals surface area contributed by atoms with Gasteiger partial charge in [-0.2, -0.15) is 0 Å². The number of piperazine rings is 1. The standard InChI is InChI=1S/C18H27N3O2/c1-4-15(3)19-17(22)13-18(23)21-10-8-20(9-11-21)16-7-5-6-14(2)12-16/h5-7,12,15H,4,8-11,13H2,1-3H3,(H,19,22). The summed E-state index contributed by atoms with van der Waals surface area (Å²) in [5.41, 5.74) is 2.44. The van der Waals surface area contributed by atoms with Crippen LogP contribution in [0.3, 0.4) is 0 Å². The zero-order chi connectivity index (χ0) is 16.8.